The molecule has 0 N–H and O–H groups in total. The van der Waals surface area contributed by atoms with Crippen LogP contribution in [-0.4, -0.2) is 23.9 Å². The fourth-order valence-corrected chi connectivity index (χ4v) is 9.89. The number of carbonyl (C=O) groups excluding carboxylic acids is 2. The molecule has 4 nitrogen and oxygen atoms in total. The van der Waals surface area contributed by atoms with E-state index in [0.717, 1.165) is 0 Å². The van der Waals surface area contributed by atoms with E-state index in [1.165, 1.54) is 0 Å². The van der Waals surface area contributed by atoms with Gasteiger partial charge in [0.2, 0.25) is 0 Å². The maximum atomic E-state index is 14.1. The van der Waals surface area contributed by atoms with E-state index in [9.17, 15) is 18.7 Å². The van der Waals surface area contributed by atoms with Gasteiger partial charge in [0.05, 0.1) is 12.3 Å². The normalized spacial score (nSPS) is 11.7. The minimum Gasteiger partial charge on any atom is -0.313 e. The molecule has 194 valence electrons. The number of ketones is 2. The molecular weight excluding hydrogens is 510 g/mol. The van der Waals surface area contributed by atoms with Gasteiger partial charge in [-0.1, -0.05) is 121 Å². The molecule has 0 heterocycles. The minimum absolute atomic E-state index is 0.0355. The summed E-state index contributed by atoms with van der Waals surface area (Å²) in [5.74, 6) is -0.152. The predicted octanol–water partition coefficient (Wildman–Crippen LogP) is 5.71. The molecule has 0 aliphatic heterocycles. The van der Waals surface area contributed by atoms with Crippen molar-refractivity contribution in [1.29, 1.82) is 0 Å². The van der Waals surface area contributed by atoms with Crippen molar-refractivity contribution in [3.8, 4) is 0 Å². The Morgan fingerprint density at radius 1 is 0.421 bits per heavy atom. The van der Waals surface area contributed by atoms with Gasteiger partial charge in [0, 0.05) is 34.1 Å². The lowest BCUT2D eigenvalue weighted by Crippen LogP contribution is -2.23. The van der Waals surface area contributed by atoms with Gasteiger partial charge in [-0.2, -0.15) is 0 Å². The third kappa shape index (κ3) is 6.76. The van der Waals surface area contributed by atoms with Gasteiger partial charge in [-0.25, -0.2) is 0 Å². The zero-order chi connectivity index (χ0) is 26.8. The molecule has 4 aromatic rings. The summed E-state index contributed by atoms with van der Waals surface area (Å²) in [7, 11) is -6.19. The van der Waals surface area contributed by atoms with E-state index in [-0.39, 0.29) is 36.7 Å². The molecule has 6 heteroatoms. The van der Waals surface area contributed by atoms with Gasteiger partial charge < -0.3 is 9.13 Å². The number of rotatable bonds is 13. The van der Waals surface area contributed by atoms with E-state index >= 15 is 0 Å². The summed E-state index contributed by atoms with van der Waals surface area (Å²) < 4.78 is 28.2. The van der Waals surface area contributed by atoms with E-state index in [0.29, 0.717) is 34.1 Å². The first-order valence-electron chi connectivity index (χ1n) is 12.9. The molecule has 38 heavy (non-hydrogen) atoms. The molecule has 0 saturated heterocycles. The number of carbonyl (C=O) groups is 2. The SMILES string of the molecule is O=C(CCCCC(=O)CP(=O)(c1ccccc1)c1ccccc1)CP(=O)(c1ccccc1)c1ccccc1. The highest BCUT2D eigenvalue weighted by Crippen LogP contribution is 2.44. The molecule has 4 rings (SSSR count). The number of Topliss-reactive ketones (excluding diaryl/α,β-unsaturated/α-hetero) is 2. The largest absolute Gasteiger partial charge is 0.313 e. The van der Waals surface area contributed by atoms with Crippen molar-refractivity contribution in [2.24, 2.45) is 0 Å². The first kappa shape index (κ1) is 27.7. The Morgan fingerprint density at radius 2 is 0.658 bits per heavy atom. The number of unbranched alkanes of at least 4 members (excludes halogenated alkanes) is 1. The van der Waals surface area contributed by atoms with Gasteiger partial charge in [-0.05, 0) is 12.8 Å². The monoisotopic (exact) mass is 542 g/mol. The molecule has 0 aliphatic carbocycles. The Kier molecular flexibility index (Phi) is 9.45. The van der Waals surface area contributed by atoms with Crippen LogP contribution in [0.5, 0.6) is 0 Å². The Bertz CT molecular complexity index is 1240. The lowest BCUT2D eigenvalue weighted by Gasteiger charge is -2.19. The molecular formula is C32H32O4P2. The predicted molar refractivity (Wildman–Crippen MR) is 158 cm³/mol. The molecule has 0 bridgehead atoms. The summed E-state index contributed by atoms with van der Waals surface area (Å²) in [5, 5.41) is 2.69. The van der Waals surface area contributed by atoms with Gasteiger partial charge in [0.1, 0.15) is 25.9 Å². The average molecular weight is 543 g/mol. The molecule has 0 aromatic heterocycles. The summed E-state index contributed by atoms with van der Waals surface area (Å²) >= 11 is 0. The topological polar surface area (TPSA) is 68.3 Å². The minimum atomic E-state index is -3.10. The van der Waals surface area contributed by atoms with Gasteiger partial charge in [0.25, 0.3) is 0 Å². The van der Waals surface area contributed by atoms with Gasteiger partial charge in [-0.15, -0.1) is 0 Å². The molecule has 0 atom stereocenters. The first-order valence-corrected chi connectivity index (χ1v) is 16.6. The van der Waals surface area contributed by atoms with Crippen LogP contribution >= 0.6 is 14.3 Å². The lowest BCUT2D eigenvalue weighted by atomic mass is 10.1. The van der Waals surface area contributed by atoms with Crippen molar-refractivity contribution >= 4 is 47.1 Å². The maximum absolute atomic E-state index is 14.1. The summed E-state index contributed by atoms with van der Waals surface area (Å²) in [5.41, 5.74) is 0. The van der Waals surface area contributed by atoms with Crippen LogP contribution < -0.4 is 21.2 Å². The fraction of sp³-hybridized carbons (Fsp3) is 0.188. The third-order valence-corrected chi connectivity index (χ3v) is 12.8. The highest BCUT2D eigenvalue weighted by molar-refractivity contribution is 7.79. The van der Waals surface area contributed by atoms with Crippen molar-refractivity contribution in [3.05, 3.63) is 121 Å². The van der Waals surface area contributed by atoms with E-state index in [2.05, 4.69) is 0 Å². The second-order valence-corrected chi connectivity index (χ2v) is 15.1. The van der Waals surface area contributed by atoms with Crippen LogP contribution in [0.2, 0.25) is 0 Å². The smallest absolute Gasteiger partial charge is 0.150 e. The molecule has 0 aliphatic rings. The average Bonchev–Trinajstić information content (AvgIpc) is 2.97. The molecule has 0 amide bonds. The summed E-state index contributed by atoms with van der Waals surface area (Å²) in [4.78, 5) is 25.9. The summed E-state index contributed by atoms with van der Waals surface area (Å²) in [6.45, 7) is 0. The van der Waals surface area contributed by atoms with Gasteiger partial charge in [-0.3, -0.25) is 9.59 Å². The standard InChI is InChI=1S/C32H32O4P2/c33-27(25-37(35,29-17-5-1-6-18-29)30-19-7-2-8-20-30)15-13-14-16-28(34)26-38(36,31-21-9-3-10-22-31)32-23-11-4-12-24-32/h1-12,17-24H,13-16,25-26H2. The van der Waals surface area contributed by atoms with Gasteiger partial charge in [0.15, 0.2) is 0 Å². The Balaban J connectivity index is 1.36. The van der Waals surface area contributed by atoms with Crippen molar-refractivity contribution in [2.45, 2.75) is 25.7 Å². The second kappa shape index (κ2) is 13.0. The van der Waals surface area contributed by atoms with E-state index in [1.807, 2.05) is 121 Å². The first-order chi connectivity index (χ1) is 18.4. The lowest BCUT2D eigenvalue weighted by molar-refractivity contribution is -0.118. The zero-order valence-electron chi connectivity index (χ0n) is 21.3. The van der Waals surface area contributed by atoms with Crippen LogP contribution in [-0.2, 0) is 18.7 Å². The number of benzene rings is 4. The van der Waals surface area contributed by atoms with Crippen LogP contribution in [0.4, 0.5) is 0 Å². The highest BCUT2D eigenvalue weighted by Gasteiger charge is 2.31. The fourth-order valence-electron chi connectivity index (χ4n) is 4.64. The number of hydrogen-bond donors (Lipinski definition) is 0. The van der Waals surface area contributed by atoms with Gasteiger partial charge >= 0.3 is 0 Å². The molecule has 0 fully saturated rings. The van der Waals surface area contributed by atoms with Crippen LogP contribution in [0.25, 0.3) is 0 Å². The van der Waals surface area contributed by atoms with Crippen molar-refractivity contribution in [3.63, 3.8) is 0 Å². The van der Waals surface area contributed by atoms with E-state index < -0.39 is 14.3 Å². The second-order valence-electron chi connectivity index (χ2n) is 9.42. The van der Waals surface area contributed by atoms with E-state index in [4.69, 9.17) is 0 Å². The number of hydrogen-bond acceptors (Lipinski definition) is 4. The Labute approximate surface area is 224 Å². The van der Waals surface area contributed by atoms with Crippen molar-refractivity contribution in [1.82, 2.24) is 0 Å². The molecule has 0 radical (unpaired) electrons. The van der Waals surface area contributed by atoms with E-state index in [1.54, 1.807) is 0 Å². The maximum Gasteiger partial charge on any atom is 0.150 e. The molecule has 0 saturated carbocycles. The van der Waals surface area contributed by atoms with Crippen molar-refractivity contribution < 1.29 is 18.7 Å². The van der Waals surface area contributed by atoms with Crippen molar-refractivity contribution in [2.75, 3.05) is 12.3 Å². The Morgan fingerprint density at radius 3 is 0.895 bits per heavy atom. The molecule has 0 unspecified atom stereocenters. The van der Waals surface area contributed by atoms with Crippen LogP contribution in [0.15, 0.2) is 121 Å². The molecule has 0 spiro atoms. The summed E-state index contributed by atoms with van der Waals surface area (Å²) in [6.07, 6.45) is 1.49. The third-order valence-electron chi connectivity index (χ3n) is 6.65. The molecule has 4 aromatic carbocycles. The van der Waals surface area contributed by atoms with Crippen LogP contribution in [0, 0.1) is 0 Å². The van der Waals surface area contributed by atoms with Crippen LogP contribution in [0.3, 0.4) is 0 Å². The van der Waals surface area contributed by atoms with Crippen LogP contribution in [0.1, 0.15) is 25.7 Å². The Hall–Kier alpha value is -3.32. The highest BCUT2D eigenvalue weighted by atomic mass is 31.2. The zero-order valence-corrected chi connectivity index (χ0v) is 23.1. The quantitative estimate of drug-likeness (QED) is 0.160. The summed E-state index contributed by atoms with van der Waals surface area (Å²) in [6, 6.07) is 36.7.